The number of fused-ring (bicyclic) bond motifs is 1. The molecule has 1 atom stereocenters. The van der Waals surface area contributed by atoms with Crippen LogP contribution in [0, 0.1) is 0 Å². The van der Waals surface area contributed by atoms with Crippen LogP contribution in [0.3, 0.4) is 0 Å². The minimum Gasteiger partial charge on any atom is -0.463 e. The van der Waals surface area contributed by atoms with Crippen molar-refractivity contribution in [3.8, 4) is 0 Å². The summed E-state index contributed by atoms with van der Waals surface area (Å²) < 4.78 is 9.96. The molecule has 4 nitrogen and oxygen atoms in total. The zero-order valence-electron chi connectivity index (χ0n) is 11.2. The fourth-order valence-corrected chi connectivity index (χ4v) is 3.75. The lowest BCUT2D eigenvalue weighted by Gasteiger charge is -2.08. The maximum atomic E-state index is 11.4. The summed E-state index contributed by atoms with van der Waals surface area (Å²) in [4.78, 5) is 13.6. The summed E-state index contributed by atoms with van der Waals surface area (Å²) in [5.41, 5.74) is 1.34. The molecule has 0 amide bonds. The second-order valence-corrected chi connectivity index (χ2v) is 6.07. The molecule has 106 valence electrons. The lowest BCUT2D eigenvalue weighted by molar-refractivity contribution is 0.0558. The van der Waals surface area contributed by atoms with Gasteiger partial charge in [0.2, 0.25) is 5.76 Å². The molecule has 1 aliphatic rings. The molecule has 0 spiro atoms. The second-order valence-electron chi connectivity index (χ2n) is 4.90. The van der Waals surface area contributed by atoms with Crippen molar-refractivity contribution in [2.75, 3.05) is 7.11 Å². The quantitative estimate of drug-likeness (QED) is 0.883. The van der Waals surface area contributed by atoms with Crippen LogP contribution in [0.5, 0.6) is 0 Å². The average Bonchev–Trinajstić information content (AvgIpc) is 3.12. The van der Waals surface area contributed by atoms with E-state index in [0.29, 0.717) is 5.76 Å². The van der Waals surface area contributed by atoms with Crippen LogP contribution in [0.1, 0.15) is 50.6 Å². The number of hydrogen-bond donors (Lipinski definition) is 1. The van der Waals surface area contributed by atoms with Gasteiger partial charge < -0.3 is 14.3 Å². The molecule has 2 heterocycles. The van der Waals surface area contributed by atoms with Crippen LogP contribution in [0.25, 0.3) is 0 Å². The molecule has 1 N–H and O–H groups in total. The Bertz CT molecular complexity index is 602. The van der Waals surface area contributed by atoms with Gasteiger partial charge in [0.1, 0.15) is 11.9 Å². The highest BCUT2D eigenvalue weighted by Crippen LogP contribution is 2.35. The number of hydrogen-bond acceptors (Lipinski definition) is 5. The summed E-state index contributed by atoms with van der Waals surface area (Å²) in [5, 5.41) is 10.4. The highest BCUT2D eigenvalue weighted by Gasteiger charge is 2.22. The number of aliphatic hydroxyl groups is 1. The summed E-state index contributed by atoms with van der Waals surface area (Å²) in [5.74, 6) is -0.0409. The Kier molecular flexibility index (Phi) is 3.63. The van der Waals surface area contributed by atoms with Gasteiger partial charge in [-0.1, -0.05) is 0 Å². The number of aryl methyl sites for hydroxylation is 2. The van der Waals surface area contributed by atoms with Crippen LogP contribution < -0.4 is 0 Å². The maximum Gasteiger partial charge on any atom is 0.373 e. The van der Waals surface area contributed by atoms with Gasteiger partial charge in [0.05, 0.1) is 7.11 Å². The fraction of sp³-hybridized carbons (Fsp3) is 0.400. The predicted octanol–water partition coefficient (Wildman–Crippen LogP) is 3.09. The molecule has 0 bridgehead atoms. The summed E-state index contributed by atoms with van der Waals surface area (Å²) in [6.45, 7) is 0. The molecule has 0 aromatic carbocycles. The van der Waals surface area contributed by atoms with Crippen molar-refractivity contribution in [1.82, 2.24) is 0 Å². The maximum absolute atomic E-state index is 11.4. The summed E-state index contributed by atoms with van der Waals surface area (Å²) in [6, 6.07) is 5.21. The Morgan fingerprint density at radius 1 is 1.40 bits per heavy atom. The van der Waals surface area contributed by atoms with Gasteiger partial charge >= 0.3 is 5.97 Å². The molecule has 1 aliphatic carbocycles. The molecule has 0 fully saturated rings. The van der Waals surface area contributed by atoms with Gasteiger partial charge in [-0.15, -0.1) is 11.3 Å². The van der Waals surface area contributed by atoms with E-state index in [4.69, 9.17) is 4.42 Å². The van der Waals surface area contributed by atoms with Gasteiger partial charge in [0.15, 0.2) is 0 Å². The number of carbonyl (C=O) groups excluding carboxylic acids is 1. The van der Waals surface area contributed by atoms with E-state index in [1.807, 2.05) is 0 Å². The molecular weight excluding hydrogens is 276 g/mol. The summed E-state index contributed by atoms with van der Waals surface area (Å²) >= 11 is 1.64. The minimum absolute atomic E-state index is 0.114. The number of methoxy groups -OCH3 is 1. The molecule has 20 heavy (non-hydrogen) atoms. The SMILES string of the molecule is COC(=O)c1ccc(C(O)c2cc3c(s2)CCCC3)o1. The van der Waals surface area contributed by atoms with Gasteiger partial charge in [-0.2, -0.15) is 0 Å². The molecule has 3 rings (SSSR count). The van der Waals surface area contributed by atoms with E-state index in [1.165, 1.54) is 36.5 Å². The van der Waals surface area contributed by atoms with Crippen molar-refractivity contribution in [2.24, 2.45) is 0 Å². The van der Waals surface area contributed by atoms with Gasteiger partial charge in [0, 0.05) is 9.75 Å². The Hall–Kier alpha value is -1.59. The number of thiophene rings is 1. The molecule has 1 unspecified atom stereocenters. The van der Waals surface area contributed by atoms with Gasteiger partial charge in [-0.3, -0.25) is 0 Å². The smallest absolute Gasteiger partial charge is 0.373 e. The topological polar surface area (TPSA) is 59.7 Å². The fourth-order valence-electron chi connectivity index (χ4n) is 2.50. The van der Waals surface area contributed by atoms with Crippen molar-refractivity contribution in [2.45, 2.75) is 31.8 Å². The largest absolute Gasteiger partial charge is 0.463 e. The van der Waals surface area contributed by atoms with Crippen molar-refractivity contribution in [3.05, 3.63) is 45.0 Å². The van der Waals surface area contributed by atoms with Crippen LogP contribution in [-0.2, 0) is 17.6 Å². The monoisotopic (exact) mass is 292 g/mol. The number of esters is 1. The van der Waals surface area contributed by atoms with Crippen molar-refractivity contribution < 1.29 is 19.1 Å². The summed E-state index contributed by atoms with van der Waals surface area (Å²) in [7, 11) is 1.30. The van der Waals surface area contributed by atoms with Crippen molar-refractivity contribution >= 4 is 17.3 Å². The number of ether oxygens (including phenoxy) is 1. The third-order valence-electron chi connectivity index (χ3n) is 3.57. The molecule has 0 saturated carbocycles. The van der Waals surface area contributed by atoms with E-state index >= 15 is 0 Å². The standard InChI is InChI=1S/C15H16O4S/c1-18-15(17)11-7-6-10(19-11)14(16)13-8-9-4-2-3-5-12(9)20-13/h6-8,14,16H,2-5H2,1H3. The van der Waals surface area contributed by atoms with E-state index in [-0.39, 0.29) is 5.76 Å². The minimum atomic E-state index is -0.816. The van der Waals surface area contributed by atoms with Crippen LogP contribution in [0.2, 0.25) is 0 Å². The van der Waals surface area contributed by atoms with Crippen LogP contribution in [0.15, 0.2) is 22.6 Å². The molecule has 5 heteroatoms. The first-order valence-electron chi connectivity index (χ1n) is 6.66. The lowest BCUT2D eigenvalue weighted by Crippen LogP contribution is -1.99. The third-order valence-corrected chi connectivity index (χ3v) is 4.86. The molecule has 2 aromatic rings. The first kappa shape index (κ1) is 13.4. The molecule has 0 aliphatic heterocycles. The Balaban J connectivity index is 1.84. The Morgan fingerprint density at radius 3 is 2.95 bits per heavy atom. The third kappa shape index (κ3) is 2.39. The highest BCUT2D eigenvalue weighted by molar-refractivity contribution is 7.12. The highest BCUT2D eigenvalue weighted by atomic mass is 32.1. The van der Waals surface area contributed by atoms with Crippen molar-refractivity contribution in [1.29, 1.82) is 0 Å². The Morgan fingerprint density at radius 2 is 2.20 bits per heavy atom. The average molecular weight is 292 g/mol. The van der Waals surface area contributed by atoms with Gasteiger partial charge in [-0.05, 0) is 49.4 Å². The number of furan rings is 1. The normalized spacial score (nSPS) is 15.7. The molecular formula is C15H16O4S. The van der Waals surface area contributed by atoms with Gasteiger partial charge in [0.25, 0.3) is 0 Å². The van der Waals surface area contributed by atoms with E-state index in [1.54, 1.807) is 17.4 Å². The number of carbonyl (C=O) groups is 1. The predicted molar refractivity (Wildman–Crippen MR) is 75.1 cm³/mol. The van der Waals surface area contributed by atoms with Gasteiger partial charge in [-0.25, -0.2) is 4.79 Å². The first-order chi connectivity index (χ1) is 9.69. The van der Waals surface area contributed by atoms with E-state index < -0.39 is 12.1 Å². The van der Waals surface area contributed by atoms with Crippen LogP contribution >= 0.6 is 11.3 Å². The zero-order valence-corrected chi connectivity index (χ0v) is 12.0. The Labute approximate surface area is 121 Å². The zero-order chi connectivity index (χ0) is 14.1. The number of rotatable bonds is 3. The van der Waals surface area contributed by atoms with E-state index in [2.05, 4.69) is 10.8 Å². The lowest BCUT2D eigenvalue weighted by atomic mass is 9.99. The molecule has 0 saturated heterocycles. The first-order valence-corrected chi connectivity index (χ1v) is 7.48. The van der Waals surface area contributed by atoms with Crippen molar-refractivity contribution in [3.63, 3.8) is 0 Å². The summed E-state index contributed by atoms with van der Waals surface area (Å²) in [6.07, 6.45) is 3.80. The number of aliphatic hydroxyl groups excluding tert-OH is 1. The van der Waals surface area contributed by atoms with Crippen LogP contribution in [-0.4, -0.2) is 18.2 Å². The van der Waals surface area contributed by atoms with Crippen LogP contribution in [0.4, 0.5) is 0 Å². The second kappa shape index (κ2) is 5.42. The van der Waals surface area contributed by atoms with E-state index in [9.17, 15) is 9.90 Å². The van der Waals surface area contributed by atoms with E-state index in [0.717, 1.165) is 17.7 Å². The molecule has 0 radical (unpaired) electrons. The molecule has 2 aromatic heterocycles.